The molecule has 0 unspecified atom stereocenters. The summed E-state index contributed by atoms with van der Waals surface area (Å²) in [4.78, 5) is 38.0. The molecular formula is C18H19N3O5S. The van der Waals surface area contributed by atoms with Crippen molar-refractivity contribution in [3.63, 3.8) is 0 Å². The summed E-state index contributed by atoms with van der Waals surface area (Å²) >= 11 is 1.51. The van der Waals surface area contributed by atoms with Gasteiger partial charge >= 0.3 is 5.97 Å². The molecule has 27 heavy (non-hydrogen) atoms. The van der Waals surface area contributed by atoms with Crippen LogP contribution in [0.5, 0.6) is 0 Å². The molecule has 1 aliphatic rings. The first kappa shape index (κ1) is 18.8. The van der Waals surface area contributed by atoms with Gasteiger partial charge in [0.05, 0.1) is 11.3 Å². The van der Waals surface area contributed by atoms with E-state index in [1.54, 1.807) is 17.0 Å². The first-order valence-electron chi connectivity index (χ1n) is 8.47. The SMILES string of the molecule is O=C(Cc1ccsc1)OCC(=O)N1CCN(c2ccc([N+](=O)[O-])cc2)CC1. The highest BCUT2D eigenvalue weighted by Gasteiger charge is 2.22. The van der Waals surface area contributed by atoms with E-state index < -0.39 is 10.9 Å². The molecule has 0 atom stereocenters. The van der Waals surface area contributed by atoms with Crippen molar-refractivity contribution in [2.24, 2.45) is 0 Å². The van der Waals surface area contributed by atoms with Crippen molar-refractivity contribution in [1.82, 2.24) is 4.90 Å². The summed E-state index contributed by atoms with van der Waals surface area (Å²) in [5.74, 6) is -0.622. The number of benzene rings is 1. The van der Waals surface area contributed by atoms with E-state index in [4.69, 9.17) is 4.74 Å². The minimum atomic E-state index is -0.431. The fourth-order valence-corrected chi connectivity index (χ4v) is 3.51. The lowest BCUT2D eigenvalue weighted by Gasteiger charge is -2.36. The molecule has 2 aromatic rings. The van der Waals surface area contributed by atoms with Crippen LogP contribution in [-0.2, 0) is 20.7 Å². The van der Waals surface area contributed by atoms with Crippen LogP contribution in [0.3, 0.4) is 0 Å². The Bertz CT molecular complexity index is 799. The van der Waals surface area contributed by atoms with Crippen molar-refractivity contribution in [3.8, 4) is 0 Å². The van der Waals surface area contributed by atoms with E-state index in [0.29, 0.717) is 26.2 Å². The van der Waals surface area contributed by atoms with Crippen LogP contribution in [0.4, 0.5) is 11.4 Å². The van der Waals surface area contributed by atoms with Crippen molar-refractivity contribution in [2.75, 3.05) is 37.7 Å². The topological polar surface area (TPSA) is 93.0 Å². The Morgan fingerprint density at radius 2 is 1.81 bits per heavy atom. The molecule has 3 rings (SSSR count). The van der Waals surface area contributed by atoms with E-state index in [1.807, 2.05) is 16.8 Å². The van der Waals surface area contributed by atoms with Crippen LogP contribution >= 0.6 is 11.3 Å². The second-order valence-corrected chi connectivity index (χ2v) is 6.89. The zero-order valence-electron chi connectivity index (χ0n) is 14.6. The number of hydrogen-bond donors (Lipinski definition) is 0. The zero-order valence-corrected chi connectivity index (χ0v) is 15.4. The highest BCUT2D eigenvalue weighted by Crippen LogP contribution is 2.20. The van der Waals surface area contributed by atoms with E-state index in [-0.39, 0.29) is 24.6 Å². The van der Waals surface area contributed by atoms with Gasteiger partial charge in [-0.05, 0) is 34.5 Å². The van der Waals surface area contributed by atoms with Gasteiger partial charge in [-0.25, -0.2) is 0 Å². The smallest absolute Gasteiger partial charge is 0.310 e. The van der Waals surface area contributed by atoms with Gasteiger partial charge in [0.25, 0.3) is 11.6 Å². The molecule has 1 aromatic heterocycles. The summed E-state index contributed by atoms with van der Waals surface area (Å²) in [6.07, 6.45) is 0.171. The Morgan fingerprint density at radius 3 is 2.41 bits per heavy atom. The number of rotatable bonds is 6. The molecule has 9 heteroatoms. The summed E-state index contributed by atoms with van der Waals surface area (Å²) < 4.78 is 5.07. The Hall–Kier alpha value is -2.94. The normalized spacial score (nSPS) is 14.1. The molecule has 0 radical (unpaired) electrons. The molecule has 1 saturated heterocycles. The highest BCUT2D eigenvalue weighted by atomic mass is 32.1. The minimum absolute atomic E-state index is 0.0526. The molecule has 0 N–H and O–H groups in total. The second kappa shape index (κ2) is 8.63. The number of esters is 1. The van der Waals surface area contributed by atoms with E-state index >= 15 is 0 Å². The third kappa shape index (κ3) is 5.04. The maximum absolute atomic E-state index is 12.2. The van der Waals surface area contributed by atoms with Crippen molar-refractivity contribution in [2.45, 2.75) is 6.42 Å². The van der Waals surface area contributed by atoms with Crippen LogP contribution < -0.4 is 4.90 Å². The van der Waals surface area contributed by atoms with Crippen LogP contribution in [0, 0.1) is 10.1 Å². The molecule has 0 spiro atoms. The zero-order chi connectivity index (χ0) is 19.2. The summed E-state index contributed by atoms with van der Waals surface area (Å²) in [6, 6.07) is 8.22. The maximum Gasteiger partial charge on any atom is 0.310 e. The standard InChI is InChI=1S/C18H19N3O5S/c22-17(12-26-18(23)11-14-5-10-27-13-14)20-8-6-19(7-9-20)15-1-3-16(4-2-15)21(24)25/h1-5,10,13H,6-9,11-12H2. The fourth-order valence-electron chi connectivity index (χ4n) is 2.84. The maximum atomic E-state index is 12.2. The summed E-state index contributed by atoms with van der Waals surface area (Å²) in [7, 11) is 0. The molecule has 142 valence electrons. The number of nitro benzene ring substituents is 1. The van der Waals surface area contributed by atoms with Crippen molar-refractivity contribution >= 4 is 34.6 Å². The Morgan fingerprint density at radius 1 is 1.11 bits per heavy atom. The van der Waals surface area contributed by atoms with Gasteiger partial charge in [0.15, 0.2) is 6.61 Å². The lowest BCUT2D eigenvalue weighted by atomic mass is 10.2. The number of thiophene rings is 1. The van der Waals surface area contributed by atoms with Gasteiger partial charge in [-0.15, -0.1) is 0 Å². The van der Waals surface area contributed by atoms with Crippen LogP contribution in [0.15, 0.2) is 41.1 Å². The van der Waals surface area contributed by atoms with Crippen LogP contribution in [0.25, 0.3) is 0 Å². The molecule has 1 amide bonds. The summed E-state index contributed by atoms with van der Waals surface area (Å²) in [5, 5.41) is 14.5. The second-order valence-electron chi connectivity index (χ2n) is 6.11. The lowest BCUT2D eigenvalue weighted by molar-refractivity contribution is -0.384. The van der Waals surface area contributed by atoms with Crippen LogP contribution in [0.1, 0.15) is 5.56 Å². The number of piperazine rings is 1. The van der Waals surface area contributed by atoms with Crippen molar-refractivity contribution in [1.29, 1.82) is 0 Å². The van der Waals surface area contributed by atoms with Crippen LogP contribution in [-0.4, -0.2) is 54.5 Å². The van der Waals surface area contributed by atoms with Gasteiger partial charge in [-0.2, -0.15) is 11.3 Å². The predicted octanol–water partition coefficient (Wildman–Crippen LogP) is 2.09. The number of ether oxygens (including phenoxy) is 1. The van der Waals surface area contributed by atoms with Gasteiger partial charge in [-0.1, -0.05) is 0 Å². The number of amides is 1. The number of hydrogen-bond acceptors (Lipinski definition) is 7. The molecular weight excluding hydrogens is 370 g/mol. The Balaban J connectivity index is 1.43. The van der Waals surface area contributed by atoms with E-state index in [2.05, 4.69) is 4.90 Å². The Labute approximate surface area is 160 Å². The number of non-ortho nitro benzene ring substituents is 1. The number of anilines is 1. The molecule has 0 bridgehead atoms. The molecule has 1 aliphatic heterocycles. The third-order valence-corrected chi connectivity index (χ3v) is 5.08. The van der Waals surface area contributed by atoms with Crippen molar-refractivity contribution in [3.05, 3.63) is 56.8 Å². The monoisotopic (exact) mass is 389 g/mol. The van der Waals surface area contributed by atoms with Gasteiger partial charge in [0.2, 0.25) is 0 Å². The van der Waals surface area contributed by atoms with Crippen molar-refractivity contribution < 1.29 is 19.2 Å². The van der Waals surface area contributed by atoms with Gasteiger partial charge < -0.3 is 14.5 Å². The number of carbonyl (C=O) groups excluding carboxylic acids is 2. The van der Waals surface area contributed by atoms with Gasteiger partial charge in [0, 0.05) is 44.0 Å². The number of nitro groups is 1. The van der Waals surface area contributed by atoms with Gasteiger partial charge in [-0.3, -0.25) is 19.7 Å². The van der Waals surface area contributed by atoms with E-state index in [9.17, 15) is 19.7 Å². The lowest BCUT2D eigenvalue weighted by Crippen LogP contribution is -2.49. The molecule has 8 nitrogen and oxygen atoms in total. The van der Waals surface area contributed by atoms with Gasteiger partial charge in [0.1, 0.15) is 0 Å². The Kier molecular flexibility index (Phi) is 6.02. The minimum Gasteiger partial charge on any atom is -0.455 e. The molecule has 0 aliphatic carbocycles. The highest BCUT2D eigenvalue weighted by molar-refractivity contribution is 7.07. The molecule has 1 fully saturated rings. The third-order valence-electron chi connectivity index (χ3n) is 4.34. The quantitative estimate of drug-likeness (QED) is 0.427. The average Bonchev–Trinajstić information content (AvgIpc) is 3.19. The largest absolute Gasteiger partial charge is 0.455 e. The number of carbonyl (C=O) groups is 2. The van der Waals surface area contributed by atoms with Crippen LogP contribution in [0.2, 0.25) is 0 Å². The first-order valence-corrected chi connectivity index (χ1v) is 9.41. The summed E-state index contributed by atoms with van der Waals surface area (Å²) in [6.45, 7) is 2.01. The first-order chi connectivity index (χ1) is 13.0. The molecule has 0 saturated carbocycles. The summed E-state index contributed by atoms with van der Waals surface area (Å²) in [5.41, 5.74) is 1.82. The van der Waals surface area contributed by atoms with E-state index in [1.165, 1.54) is 23.5 Å². The predicted molar refractivity (Wildman–Crippen MR) is 101 cm³/mol. The number of nitrogens with zero attached hydrogens (tertiary/aromatic N) is 3. The average molecular weight is 389 g/mol. The molecule has 1 aromatic carbocycles. The molecule has 2 heterocycles. The van der Waals surface area contributed by atoms with E-state index in [0.717, 1.165) is 11.3 Å². The fraction of sp³-hybridized carbons (Fsp3) is 0.333.